The van der Waals surface area contributed by atoms with E-state index in [0.717, 1.165) is 28.3 Å². The van der Waals surface area contributed by atoms with Crippen molar-refractivity contribution in [1.82, 2.24) is 0 Å². The van der Waals surface area contributed by atoms with E-state index in [1.807, 2.05) is 26.0 Å². The number of amides is 2. The molecule has 0 saturated carbocycles. The van der Waals surface area contributed by atoms with Crippen LogP contribution in [-0.2, 0) is 0 Å². The zero-order chi connectivity index (χ0) is 15.4. The highest BCUT2D eigenvalue weighted by Gasteiger charge is 2.07. The first-order chi connectivity index (χ1) is 9.99. The van der Waals surface area contributed by atoms with Gasteiger partial charge < -0.3 is 15.4 Å². The van der Waals surface area contributed by atoms with Crippen LogP contribution in [0.25, 0.3) is 0 Å². The summed E-state index contributed by atoms with van der Waals surface area (Å²) in [7, 11) is 1.61. The standard InChI is InChI=1S/C16H17ClN2O2/c1-10-8-12(17)4-6-14(10)18-16(20)19-15-7-5-13(21-3)9-11(15)2/h4-9H,1-3H3,(H2,18,19,20). The molecule has 0 aliphatic rings. The maximum absolute atomic E-state index is 12.0. The van der Waals surface area contributed by atoms with Crippen LogP contribution in [0, 0.1) is 13.8 Å². The number of ether oxygens (including phenoxy) is 1. The lowest BCUT2D eigenvalue weighted by atomic mass is 10.2. The van der Waals surface area contributed by atoms with E-state index < -0.39 is 0 Å². The van der Waals surface area contributed by atoms with Crippen molar-refractivity contribution in [3.63, 3.8) is 0 Å². The molecule has 110 valence electrons. The first-order valence-electron chi connectivity index (χ1n) is 6.48. The van der Waals surface area contributed by atoms with Crippen LogP contribution in [0.15, 0.2) is 36.4 Å². The Morgan fingerprint density at radius 3 is 2.10 bits per heavy atom. The van der Waals surface area contributed by atoms with E-state index in [-0.39, 0.29) is 6.03 Å². The van der Waals surface area contributed by atoms with Crippen LogP contribution in [0.2, 0.25) is 5.02 Å². The fourth-order valence-corrected chi connectivity index (χ4v) is 2.17. The van der Waals surface area contributed by atoms with Gasteiger partial charge in [-0.25, -0.2) is 4.79 Å². The lowest BCUT2D eigenvalue weighted by Crippen LogP contribution is -2.20. The fraction of sp³-hybridized carbons (Fsp3) is 0.188. The second-order valence-electron chi connectivity index (χ2n) is 4.72. The van der Waals surface area contributed by atoms with Crippen LogP contribution >= 0.6 is 11.6 Å². The Balaban J connectivity index is 2.08. The summed E-state index contributed by atoms with van der Waals surface area (Å²) < 4.78 is 5.14. The Hall–Kier alpha value is -2.20. The van der Waals surface area contributed by atoms with Crippen molar-refractivity contribution in [2.75, 3.05) is 17.7 Å². The Bertz CT molecular complexity index is 671. The van der Waals surface area contributed by atoms with Crippen molar-refractivity contribution < 1.29 is 9.53 Å². The van der Waals surface area contributed by atoms with Crippen LogP contribution in [0.3, 0.4) is 0 Å². The Morgan fingerprint density at radius 2 is 1.57 bits per heavy atom. The highest BCUT2D eigenvalue weighted by Crippen LogP contribution is 2.22. The van der Waals surface area contributed by atoms with Gasteiger partial charge in [0.05, 0.1) is 7.11 Å². The van der Waals surface area contributed by atoms with Crippen LogP contribution in [0.5, 0.6) is 5.75 Å². The van der Waals surface area contributed by atoms with E-state index in [9.17, 15) is 4.79 Å². The average molecular weight is 305 g/mol. The zero-order valence-electron chi connectivity index (χ0n) is 12.2. The van der Waals surface area contributed by atoms with E-state index in [1.54, 1.807) is 31.4 Å². The van der Waals surface area contributed by atoms with Gasteiger partial charge in [0.1, 0.15) is 5.75 Å². The molecule has 2 rings (SSSR count). The molecular weight excluding hydrogens is 288 g/mol. The highest BCUT2D eigenvalue weighted by atomic mass is 35.5. The molecule has 2 N–H and O–H groups in total. The van der Waals surface area contributed by atoms with Gasteiger partial charge in [-0.1, -0.05) is 11.6 Å². The summed E-state index contributed by atoms with van der Waals surface area (Å²) >= 11 is 5.89. The van der Waals surface area contributed by atoms with Gasteiger partial charge in [-0.2, -0.15) is 0 Å². The second-order valence-corrected chi connectivity index (χ2v) is 5.16. The van der Waals surface area contributed by atoms with E-state index >= 15 is 0 Å². The van der Waals surface area contributed by atoms with Crippen molar-refractivity contribution in [1.29, 1.82) is 0 Å². The van der Waals surface area contributed by atoms with E-state index in [0.29, 0.717) is 5.02 Å². The lowest BCUT2D eigenvalue weighted by Gasteiger charge is -2.12. The first kappa shape index (κ1) is 15.2. The Labute approximate surface area is 129 Å². The number of halogens is 1. The van der Waals surface area contributed by atoms with Gasteiger partial charge in [0.15, 0.2) is 0 Å². The van der Waals surface area contributed by atoms with Gasteiger partial charge in [-0.3, -0.25) is 0 Å². The predicted molar refractivity (Wildman–Crippen MR) is 86.6 cm³/mol. The molecule has 2 amide bonds. The monoisotopic (exact) mass is 304 g/mol. The fourth-order valence-electron chi connectivity index (χ4n) is 1.95. The van der Waals surface area contributed by atoms with Crippen LogP contribution in [0.1, 0.15) is 11.1 Å². The summed E-state index contributed by atoms with van der Waals surface area (Å²) in [6, 6.07) is 10.5. The number of methoxy groups -OCH3 is 1. The number of hydrogen-bond acceptors (Lipinski definition) is 2. The molecule has 21 heavy (non-hydrogen) atoms. The first-order valence-corrected chi connectivity index (χ1v) is 6.86. The van der Waals surface area contributed by atoms with E-state index in [4.69, 9.17) is 16.3 Å². The van der Waals surface area contributed by atoms with Crippen molar-refractivity contribution in [3.8, 4) is 5.75 Å². The third kappa shape index (κ3) is 3.89. The topological polar surface area (TPSA) is 50.4 Å². The SMILES string of the molecule is COc1ccc(NC(=O)Nc2ccc(Cl)cc2C)c(C)c1. The average Bonchev–Trinajstić information content (AvgIpc) is 2.44. The maximum atomic E-state index is 12.0. The Morgan fingerprint density at radius 1 is 1.00 bits per heavy atom. The van der Waals surface area contributed by atoms with Crippen molar-refractivity contribution >= 4 is 29.0 Å². The number of carbonyl (C=O) groups excluding carboxylic acids is 1. The molecule has 2 aromatic rings. The summed E-state index contributed by atoms with van der Waals surface area (Å²) in [5.74, 6) is 0.756. The normalized spacial score (nSPS) is 10.1. The van der Waals surface area contributed by atoms with Crippen molar-refractivity contribution in [2.24, 2.45) is 0 Å². The van der Waals surface area contributed by atoms with E-state index in [1.165, 1.54) is 0 Å². The molecule has 0 aliphatic heterocycles. The molecule has 5 heteroatoms. The largest absolute Gasteiger partial charge is 0.497 e. The minimum Gasteiger partial charge on any atom is -0.497 e. The number of carbonyl (C=O) groups is 1. The number of rotatable bonds is 3. The zero-order valence-corrected chi connectivity index (χ0v) is 12.9. The van der Waals surface area contributed by atoms with E-state index in [2.05, 4.69) is 10.6 Å². The number of nitrogens with one attached hydrogen (secondary N) is 2. The van der Waals surface area contributed by atoms with Gasteiger partial charge >= 0.3 is 6.03 Å². The molecule has 0 atom stereocenters. The molecule has 0 bridgehead atoms. The van der Waals surface area contributed by atoms with Crippen molar-refractivity contribution in [2.45, 2.75) is 13.8 Å². The molecule has 0 aromatic heterocycles. The van der Waals surface area contributed by atoms with Crippen molar-refractivity contribution in [3.05, 3.63) is 52.5 Å². The molecule has 4 nitrogen and oxygen atoms in total. The molecule has 0 fully saturated rings. The van der Waals surface area contributed by atoms with Gasteiger partial charge in [-0.05, 0) is 61.4 Å². The minimum atomic E-state index is -0.298. The van der Waals surface area contributed by atoms with Gasteiger partial charge in [0.2, 0.25) is 0 Å². The lowest BCUT2D eigenvalue weighted by molar-refractivity contribution is 0.262. The van der Waals surface area contributed by atoms with Gasteiger partial charge in [0.25, 0.3) is 0 Å². The summed E-state index contributed by atoms with van der Waals surface area (Å²) in [6.45, 7) is 3.80. The van der Waals surface area contributed by atoms with Gasteiger partial charge in [-0.15, -0.1) is 0 Å². The molecular formula is C16H17ClN2O2. The summed E-state index contributed by atoms with van der Waals surface area (Å²) in [4.78, 5) is 12.0. The molecule has 0 heterocycles. The molecule has 0 unspecified atom stereocenters. The molecule has 2 aromatic carbocycles. The quantitative estimate of drug-likeness (QED) is 0.870. The van der Waals surface area contributed by atoms with Crippen LogP contribution in [0.4, 0.5) is 16.2 Å². The molecule has 0 spiro atoms. The predicted octanol–water partition coefficient (Wildman–Crippen LogP) is 4.61. The number of anilines is 2. The van der Waals surface area contributed by atoms with Crippen LogP contribution < -0.4 is 15.4 Å². The van der Waals surface area contributed by atoms with Gasteiger partial charge in [0, 0.05) is 16.4 Å². The number of hydrogen-bond donors (Lipinski definition) is 2. The number of urea groups is 1. The number of aryl methyl sites for hydroxylation is 2. The number of benzene rings is 2. The Kier molecular flexibility index (Phi) is 4.70. The van der Waals surface area contributed by atoms with Crippen LogP contribution in [-0.4, -0.2) is 13.1 Å². The summed E-state index contributed by atoms with van der Waals surface area (Å²) in [6.07, 6.45) is 0. The summed E-state index contributed by atoms with van der Waals surface area (Å²) in [5, 5.41) is 6.26. The summed E-state index contributed by atoms with van der Waals surface area (Å²) in [5.41, 5.74) is 3.30. The highest BCUT2D eigenvalue weighted by molar-refractivity contribution is 6.30. The maximum Gasteiger partial charge on any atom is 0.323 e. The molecule has 0 radical (unpaired) electrons. The molecule has 0 saturated heterocycles. The minimum absolute atomic E-state index is 0.298. The smallest absolute Gasteiger partial charge is 0.323 e. The third-order valence-corrected chi connectivity index (χ3v) is 3.35. The second kappa shape index (κ2) is 6.50. The molecule has 0 aliphatic carbocycles. The third-order valence-electron chi connectivity index (χ3n) is 3.12.